The molecule has 194 valence electrons. The van der Waals surface area contributed by atoms with Gasteiger partial charge in [0.25, 0.3) is 0 Å². The molecule has 0 bridgehead atoms. The number of aliphatic carboxylic acids is 1. The number of nitrogens with zero attached hydrogens (tertiary/aromatic N) is 6. The third-order valence-electron chi connectivity index (χ3n) is 6.56. The summed E-state index contributed by atoms with van der Waals surface area (Å²) in [7, 11) is 0. The standard InChI is InChI=1S/C21H34N8O6/c22-13(21(32)33)2-5-28(4-1-3-27-6-8-34-9-7-27)10-14-16(30)17(31)20(35-14)29-12-26-15-18(23)24-11-25-19(15)29/h11-14,16-17,20,30-31H,1-10,22H2,(H,32,33)(H2,23,24,25)/t13-,14+,16+,17+,20+/m0/s1. The average molecular weight is 495 g/mol. The van der Waals surface area contributed by atoms with Gasteiger partial charge in [-0.3, -0.25) is 14.3 Å². The van der Waals surface area contributed by atoms with Gasteiger partial charge < -0.3 is 41.2 Å². The van der Waals surface area contributed by atoms with Gasteiger partial charge in [-0.1, -0.05) is 0 Å². The van der Waals surface area contributed by atoms with Crippen molar-refractivity contribution in [3.63, 3.8) is 0 Å². The minimum Gasteiger partial charge on any atom is -0.480 e. The summed E-state index contributed by atoms with van der Waals surface area (Å²) in [5.74, 6) is -0.848. The van der Waals surface area contributed by atoms with Crippen LogP contribution in [0.2, 0.25) is 0 Å². The molecular weight excluding hydrogens is 460 g/mol. The van der Waals surface area contributed by atoms with Crippen molar-refractivity contribution in [1.29, 1.82) is 0 Å². The highest BCUT2D eigenvalue weighted by Crippen LogP contribution is 2.32. The number of hydrogen-bond donors (Lipinski definition) is 5. The maximum atomic E-state index is 11.2. The van der Waals surface area contributed by atoms with Gasteiger partial charge in [0.15, 0.2) is 17.7 Å². The number of nitrogens with two attached hydrogens (primary N) is 2. The number of aliphatic hydroxyl groups is 2. The number of carboxylic acid groups (broad SMARTS) is 1. The number of hydrogen-bond acceptors (Lipinski definition) is 12. The second-order valence-corrected chi connectivity index (χ2v) is 8.97. The topological polar surface area (TPSA) is 198 Å². The van der Waals surface area contributed by atoms with E-state index in [4.69, 9.17) is 26.0 Å². The summed E-state index contributed by atoms with van der Waals surface area (Å²) in [6, 6.07) is -0.980. The van der Waals surface area contributed by atoms with Crippen molar-refractivity contribution in [2.45, 2.75) is 43.4 Å². The van der Waals surface area contributed by atoms with Crippen LogP contribution in [-0.4, -0.2) is 127 Å². The van der Waals surface area contributed by atoms with Gasteiger partial charge in [0.1, 0.15) is 36.2 Å². The first kappa shape index (κ1) is 25.6. The fraction of sp³-hybridized carbons (Fsp3) is 0.714. The van der Waals surface area contributed by atoms with Crippen LogP contribution in [0, 0.1) is 0 Å². The monoisotopic (exact) mass is 494 g/mol. The average Bonchev–Trinajstić information content (AvgIpc) is 3.40. The van der Waals surface area contributed by atoms with E-state index >= 15 is 0 Å². The highest BCUT2D eigenvalue weighted by Gasteiger charge is 2.44. The van der Waals surface area contributed by atoms with E-state index in [0.29, 0.717) is 30.8 Å². The minimum atomic E-state index is -1.22. The molecule has 0 unspecified atom stereocenters. The molecule has 2 aromatic rings. The largest absolute Gasteiger partial charge is 0.480 e. The molecule has 2 saturated heterocycles. The molecule has 7 N–H and O–H groups in total. The molecule has 2 fully saturated rings. The molecule has 4 rings (SSSR count). The zero-order valence-corrected chi connectivity index (χ0v) is 19.5. The van der Waals surface area contributed by atoms with Crippen LogP contribution in [0.1, 0.15) is 19.1 Å². The Morgan fingerprint density at radius 2 is 1.97 bits per heavy atom. The Hall–Kier alpha value is -2.46. The first-order valence-corrected chi connectivity index (χ1v) is 11.8. The lowest BCUT2D eigenvalue weighted by Gasteiger charge is -2.30. The summed E-state index contributed by atoms with van der Waals surface area (Å²) in [6.07, 6.45) is -0.153. The van der Waals surface area contributed by atoms with E-state index in [2.05, 4.69) is 19.9 Å². The molecule has 0 radical (unpaired) electrons. The molecule has 0 aromatic carbocycles. The third-order valence-corrected chi connectivity index (χ3v) is 6.56. The van der Waals surface area contributed by atoms with Gasteiger partial charge in [0.05, 0.1) is 19.5 Å². The number of nitrogen functional groups attached to an aromatic ring is 1. The molecule has 35 heavy (non-hydrogen) atoms. The molecule has 5 atom stereocenters. The summed E-state index contributed by atoms with van der Waals surface area (Å²) in [5, 5.41) is 30.7. The number of rotatable bonds is 11. The summed E-state index contributed by atoms with van der Waals surface area (Å²) in [4.78, 5) is 27.8. The lowest BCUT2D eigenvalue weighted by molar-refractivity contribution is -0.138. The maximum absolute atomic E-state index is 11.2. The summed E-state index contributed by atoms with van der Waals surface area (Å²) >= 11 is 0. The predicted octanol–water partition coefficient (Wildman–Crippen LogP) is -2.15. The number of fused-ring (bicyclic) bond motifs is 1. The molecule has 4 heterocycles. The van der Waals surface area contributed by atoms with E-state index in [-0.39, 0.29) is 12.2 Å². The highest BCUT2D eigenvalue weighted by molar-refractivity contribution is 5.81. The molecule has 2 aliphatic rings. The number of aliphatic hydroxyl groups excluding tert-OH is 2. The van der Waals surface area contributed by atoms with Crippen LogP contribution >= 0.6 is 0 Å². The second kappa shape index (κ2) is 11.5. The van der Waals surface area contributed by atoms with E-state index < -0.39 is 36.6 Å². The quantitative estimate of drug-likeness (QED) is 0.227. The third kappa shape index (κ3) is 6.03. The molecule has 14 nitrogen and oxygen atoms in total. The van der Waals surface area contributed by atoms with Crippen LogP contribution in [-0.2, 0) is 14.3 Å². The molecule has 14 heteroatoms. The fourth-order valence-electron chi connectivity index (χ4n) is 4.50. The SMILES string of the molecule is Nc1ncnc2c1ncn2[C@@H]1O[C@H](CN(CCCN2CCOCC2)CC[C@H](N)C(=O)O)[C@@H](O)[C@H]1O. The van der Waals surface area contributed by atoms with Crippen LogP contribution in [0.3, 0.4) is 0 Å². The van der Waals surface area contributed by atoms with Crippen LogP contribution in [0.25, 0.3) is 11.2 Å². The van der Waals surface area contributed by atoms with E-state index in [0.717, 1.165) is 39.3 Å². The van der Waals surface area contributed by atoms with Crippen molar-refractivity contribution in [2.75, 3.05) is 58.2 Å². The Balaban J connectivity index is 1.41. The van der Waals surface area contributed by atoms with Gasteiger partial charge in [-0.05, 0) is 25.9 Å². The first-order chi connectivity index (χ1) is 16.8. The van der Waals surface area contributed by atoms with Gasteiger partial charge in [-0.2, -0.15) is 0 Å². The lowest BCUT2D eigenvalue weighted by atomic mass is 10.1. The summed E-state index contributed by atoms with van der Waals surface area (Å²) < 4.78 is 13.0. The van der Waals surface area contributed by atoms with Crippen LogP contribution in [0.5, 0.6) is 0 Å². The van der Waals surface area contributed by atoms with E-state index in [1.807, 2.05) is 4.90 Å². The summed E-state index contributed by atoms with van der Waals surface area (Å²) in [5.41, 5.74) is 12.3. The zero-order chi connectivity index (χ0) is 24.9. The van der Waals surface area contributed by atoms with Gasteiger partial charge >= 0.3 is 5.97 Å². The van der Waals surface area contributed by atoms with Crippen molar-refractivity contribution in [1.82, 2.24) is 29.3 Å². The molecule has 0 saturated carbocycles. The van der Waals surface area contributed by atoms with Crippen molar-refractivity contribution < 1.29 is 29.6 Å². The maximum Gasteiger partial charge on any atom is 0.320 e. The number of aromatic nitrogens is 4. The Morgan fingerprint density at radius 3 is 2.71 bits per heavy atom. The molecule has 2 aromatic heterocycles. The van der Waals surface area contributed by atoms with Crippen molar-refractivity contribution in [3.05, 3.63) is 12.7 Å². The lowest BCUT2D eigenvalue weighted by Crippen LogP contribution is -2.44. The number of imidazole rings is 1. The van der Waals surface area contributed by atoms with E-state index in [9.17, 15) is 15.0 Å². The molecule has 0 amide bonds. The zero-order valence-electron chi connectivity index (χ0n) is 19.5. The number of morpholine rings is 1. The second-order valence-electron chi connectivity index (χ2n) is 8.97. The Labute approximate surface area is 202 Å². The molecule has 0 spiro atoms. The fourth-order valence-corrected chi connectivity index (χ4v) is 4.50. The van der Waals surface area contributed by atoms with Gasteiger partial charge in [-0.25, -0.2) is 15.0 Å². The Morgan fingerprint density at radius 1 is 1.20 bits per heavy atom. The van der Waals surface area contributed by atoms with Crippen molar-refractivity contribution in [3.8, 4) is 0 Å². The van der Waals surface area contributed by atoms with Crippen LogP contribution < -0.4 is 11.5 Å². The normalized spacial score (nSPS) is 26.5. The van der Waals surface area contributed by atoms with Gasteiger partial charge in [-0.15, -0.1) is 0 Å². The summed E-state index contributed by atoms with van der Waals surface area (Å²) in [6.45, 7) is 5.47. The van der Waals surface area contributed by atoms with Gasteiger partial charge in [0, 0.05) is 26.2 Å². The smallest absolute Gasteiger partial charge is 0.320 e. The Kier molecular flexibility index (Phi) is 8.43. The first-order valence-electron chi connectivity index (χ1n) is 11.8. The predicted molar refractivity (Wildman–Crippen MR) is 124 cm³/mol. The van der Waals surface area contributed by atoms with Crippen molar-refractivity contribution >= 4 is 23.0 Å². The highest BCUT2D eigenvalue weighted by atomic mass is 16.6. The number of anilines is 1. The van der Waals surface area contributed by atoms with Gasteiger partial charge in [0.2, 0.25) is 0 Å². The number of carboxylic acids is 1. The molecule has 0 aliphatic carbocycles. The van der Waals surface area contributed by atoms with Crippen LogP contribution in [0.15, 0.2) is 12.7 Å². The van der Waals surface area contributed by atoms with Crippen LogP contribution in [0.4, 0.5) is 5.82 Å². The number of ether oxygens (including phenoxy) is 2. The number of carbonyl (C=O) groups is 1. The van der Waals surface area contributed by atoms with E-state index in [1.165, 1.54) is 17.2 Å². The Bertz CT molecular complexity index is 986. The minimum absolute atomic E-state index is 0.208. The molecular formula is C21H34N8O6. The van der Waals surface area contributed by atoms with E-state index in [1.54, 1.807) is 0 Å². The van der Waals surface area contributed by atoms with Crippen molar-refractivity contribution in [2.24, 2.45) is 5.73 Å². The molecule has 2 aliphatic heterocycles.